The van der Waals surface area contributed by atoms with Gasteiger partial charge in [0.25, 0.3) is 10.0 Å². The van der Waals surface area contributed by atoms with Crippen LogP contribution in [-0.4, -0.2) is 48.3 Å². The number of sulfonamides is 1. The first-order valence-electron chi connectivity index (χ1n) is 8.37. The summed E-state index contributed by atoms with van der Waals surface area (Å²) in [5, 5.41) is 5.86. The summed E-state index contributed by atoms with van der Waals surface area (Å²) < 4.78 is 33.3. The molecule has 0 fully saturated rings. The molecule has 11 heteroatoms. The quantitative estimate of drug-likeness (QED) is 0.507. The Kier molecular flexibility index (Phi) is 6.88. The Morgan fingerprint density at radius 2 is 2.04 bits per heavy atom. The number of nitrogens with zero attached hydrogens (tertiary/aromatic N) is 3. The average molecular weight is 395 g/mol. The first kappa shape index (κ1) is 20.4. The third-order valence-electron chi connectivity index (χ3n) is 3.38. The maximum atomic E-state index is 12.8. The highest BCUT2D eigenvalue weighted by molar-refractivity contribution is 7.90. The van der Waals surface area contributed by atoms with Crippen LogP contribution in [0.5, 0.6) is 0 Å². The van der Waals surface area contributed by atoms with E-state index in [1.54, 1.807) is 19.1 Å². The van der Waals surface area contributed by atoms with E-state index in [0.717, 1.165) is 17.3 Å². The lowest BCUT2D eigenvalue weighted by molar-refractivity contribution is 0.0521. The Morgan fingerprint density at radius 1 is 1.26 bits per heavy atom. The first-order valence-corrected chi connectivity index (χ1v) is 9.86. The Morgan fingerprint density at radius 3 is 2.67 bits per heavy atom. The molecular weight excluding hydrogens is 374 g/mol. The topological polar surface area (TPSA) is 132 Å². The van der Waals surface area contributed by atoms with Crippen LogP contribution in [0.4, 0.5) is 4.79 Å². The molecule has 0 spiro atoms. The van der Waals surface area contributed by atoms with Crippen molar-refractivity contribution < 1.29 is 22.7 Å². The standard InChI is InChI=1S/C16H21N5O5S/c1-3-5-9-18-16(23)20-27(24,25)14-12(15(22)26-4-2)11-19-21(14)13-8-6-7-10-17-13/h6-8,10-11H,3-5,9H2,1-2H3,(H2,18,20,23). The summed E-state index contributed by atoms with van der Waals surface area (Å²) >= 11 is 0. The van der Waals surface area contributed by atoms with Crippen molar-refractivity contribution in [1.82, 2.24) is 24.8 Å². The van der Waals surface area contributed by atoms with Gasteiger partial charge in [-0.2, -0.15) is 13.5 Å². The molecule has 2 amide bonds. The number of carbonyl (C=O) groups excluding carboxylic acids is 2. The van der Waals surface area contributed by atoms with Crippen LogP contribution in [0.25, 0.3) is 5.82 Å². The molecule has 2 aromatic rings. The van der Waals surface area contributed by atoms with Crippen LogP contribution in [0.3, 0.4) is 0 Å². The van der Waals surface area contributed by atoms with Gasteiger partial charge in [0, 0.05) is 12.7 Å². The fourth-order valence-electron chi connectivity index (χ4n) is 2.17. The van der Waals surface area contributed by atoms with Gasteiger partial charge in [-0.15, -0.1) is 0 Å². The van der Waals surface area contributed by atoms with E-state index in [2.05, 4.69) is 15.4 Å². The monoisotopic (exact) mass is 395 g/mol. The first-order chi connectivity index (χ1) is 12.9. The molecule has 0 aliphatic heterocycles. The summed E-state index contributed by atoms with van der Waals surface area (Å²) in [5.41, 5.74) is -0.295. The highest BCUT2D eigenvalue weighted by Gasteiger charge is 2.31. The number of hydrogen-bond acceptors (Lipinski definition) is 7. The fourth-order valence-corrected chi connectivity index (χ4v) is 3.38. The van der Waals surface area contributed by atoms with E-state index in [1.807, 2.05) is 11.6 Å². The van der Waals surface area contributed by atoms with Crippen molar-refractivity contribution in [2.45, 2.75) is 31.7 Å². The van der Waals surface area contributed by atoms with Crippen molar-refractivity contribution in [2.75, 3.05) is 13.2 Å². The van der Waals surface area contributed by atoms with Crippen LogP contribution in [-0.2, 0) is 14.8 Å². The zero-order chi connectivity index (χ0) is 19.9. The lowest BCUT2D eigenvalue weighted by Crippen LogP contribution is -2.41. The second-order valence-electron chi connectivity index (χ2n) is 5.40. The molecule has 0 saturated heterocycles. The fraction of sp³-hybridized carbons (Fsp3) is 0.375. The van der Waals surface area contributed by atoms with Crippen LogP contribution < -0.4 is 10.0 Å². The van der Waals surface area contributed by atoms with E-state index in [1.165, 1.54) is 12.3 Å². The van der Waals surface area contributed by atoms with Crippen LogP contribution in [0, 0.1) is 0 Å². The highest BCUT2D eigenvalue weighted by Crippen LogP contribution is 2.20. The van der Waals surface area contributed by atoms with E-state index in [0.29, 0.717) is 13.0 Å². The van der Waals surface area contributed by atoms with Gasteiger partial charge in [-0.25, -0.2) is 24.0 Å². The number of nitrogens with one attached hydrogen (secondary N) is 2. The molecule has 0 atom stereocenters. The molecule has 10 nitrogen and oxygen atoms in total. The smallest absolute Gasteiger partial charge is 0.342 e. The van der Waals surface area contributed by atoms with Gasteiger partial charge in [-0.3, -0.25) is 0 Å². The summed E-state index contributed by atoms with van der Waals surface area (Å²) in [4.78, 5) is 28.1. The average Bonchev–Trinajstić information content (AvgIpc) is 3.09. The Hall–Kier alpha value is -2.95. The minimum atomic E-state index is -4.43. The SMILES string of the molecule is CCCCNC(=O)NS(=O)(=O)c1c(C(=O)OCC)cnn1-c1ccccn1. The van der Waals surface area contributed by atoms with Crippen molar-refractivity contribution in [1.29, 1.82) is 0 Å². The minimum absolute atomic E-state index is 0.0536. The number of unbranched alkanes of at least 4 members (excludes halogenated alkanes) is 1. The summed E-state index contributed by atoms with van der Waals surface area (Å²) in [6.07, 6.45) is 4.05. The second-order valence-corrected chi connectivity index (χ2v) is 7.00. The van der Waals surface area contributed by atoms with Gasteiger partial charge in [-0.1, -0.05) is 19.4 Å². The summed E-state index contributed by atoms with van der Waals surface area (Å²) in [6, 6.07) is 3.90. The number of amides is 2. The van der Waals surface area contributed by atoms with Crippen LogP contribution in [0.1, 0.15) is 37.0 Å². The van der Waals surface area contributed by atoms with Gasteiger partial charge in [0.1, 0.15) is 5.56 Å². The predicted molar refractivity (Wildman–Crippen MR) is 95.9 cm³/mol. The zero-order valence-corrected chi connectivity index (χ0v) is 15.8. The number of rotatable bonds is 8. The molecular formula is C16H21N5O5S. The molecule has 2 rings (SSSR count). The lowest BCUT2D eigenvalue weighted by atomic mass is 10.3. The highest BCUT2D eigenvalue weighted by atomic mass is 32.2. The molecule has 0 aliphatic carbocycles. The largest absolute Gasteiger partial charge is 0.462 e. The lowest BCUT2D eigenvalue weighted by Gasteiger charge is -2.11. The molecule has 0 unspecified atom stereocenters. The third-order valence-corrected chi connectivity index (χ3v) is 4.74. The normalized spacial score (nSPS) is 11.0. The summed E-state index contributed by atoms with van der Waals surface area (Å²) in [7, 11) is -4.43. The molecule has 2 aromatic heterocycles. The number of urea groups is 1. The molecule has 0 radical (unpaired) electrons. The Labute approximate surface area is 157 Å². The van der Waals surface area contributed by atoms with Gasteiger partial charge >= 0.3 is 12.0 Å². The van der Waals surface area contributed by atoms with E-state index in [4.69, 9.17) is 4.74 Å². The third kappa shape index (κ3) is 5.03. The maximum absolute atomic E-state index is 12.8. The maximum Gasteiger partial charge on any atom is 0.342 e. The Bertz CT molecular complexity index is 895. The van der Waals surface area contributed by atoms with Crippen LogP contribution in [0.2, 0.25) is 0 Å². The van der Waals surface area contributed by atoms with E-state index in [-0.39, 0.29) is 18.0 Å². The number of carbonyl (C=O) groups is 2. The number of ether oxygens (including phenoxy) is 1. The summed E-state index contributed by atoms with van der Waals surface area (Å²) in [5.74, 6) is -0.703. The van der Waals surface area contributed by atoms with Crippen LogP contribution >= 0.6 is 0 Å². The van der Waals surface area contributed by atoms with Crippen LogP contribution in [0.15, 0.2) is 35.6 Å². The molecule has 2 N–H and O–H groups in total. The predicted octanol–water partition coefficient (Wildman–Crippen LogP) is 1.23. The van der Waals surface area contributed by atoms with Crippen molar-refractivity contribution >= 4 is 22.0 Å². The van der Waals surface area contributed by atoms with Gasteiger partial charge in [-0.05, 0) is 25.5 Å². The van der Waals surface area contributed by atoms with Crippen molar-refractivity contribution in [3.8, 4) is 5.82 Å². The van der Waals surface area contributed by atoms with Gasteiger partial charge in [0.2, 0.25) is 0 Å². The van der Waals surface area contributed by atoms with Gasteiger partial charge < -0.3 is 10.1 Å². The number of esters is 1. The molecule has 0 saturated carbocycles. The molecule has 2 heterocycles. The molecule has 146 valence electrons. The van der Waals surface area contributed by atoms with Gasteiger partial charge in [0.05, 0.1) is 12.8 Å². The molecule has 27 heavy (non-hydrogen) atoms. The van der Waals surface area contributed by atoms with E-state index >= 15 is 0 Å². The molecule has 0 bridgehead atoms. The van der Waals surface area contributed by atoms with Crippen molar-refractivity contribution in [3.05, 3.63) is 36.2 Å². The van der Waals surface area contributed by atoms with Gasteiger partial charge in [0.15, 0.2) is 10.8 Å². The van der Waals surface area contributed by atoms with E-state index in [9.17, 15) is 18.0 Å². The number of aromatic nitrogens is 3. The minimum Gasteiger partial charge on any atom is -0.462 e. The molecule has 0 aromatic carbocycles. The molecule has 0 aliphatic rings. The number of hydrogen-bond donors (Lipinski definition) is 2. The zero-order valence-electron chi connectivity index (χ0n) is 15.0. The van der Waals surface area contributed by atoms with Crippen molar-refractivity contribution in [2.24, 2.45) is 0 Å². The Balaban J connectivity index is 2.43. The van der Waals surface area contributed by atoms with Crippen molar-refractivity contribution in [3.63, 3.8) is 0 Å². The van der Waals surface area contributed by atoms with E-state index < -0.39 is 27.0 Å². The second kappa shape index (κ2) is 9.12. The number of pyridine rings is 1. The summed E-state index contributed by atoms with van der Waals surface area (Å²) in [6.45, 7) is 3.90.